The number of aliphatic hydroxyl groups is 2. The van der Waals surface area contributed by atoms with E-state index in [1.807, 2.05) is 0 Å². The van der Waals surface area contributed by atoms with Crippen LogP contribution in [0.25, 0.3) is 11.2 Å². The minimum Gasteiger partial charge on any atom is -0.790 e. The van der Waals surface area contributed by atoms with Gasteiger partial charge in [0.1, 0.15) is 36.3 Å². The maximum Gasteiger partial charge on any atom is 0.303 e. The van der Waals surface area contributed by atoms with Crippen molar-refractivity contribution in [2.24, 2.45) is 5.41 Å². The number of rotatable bonds is 22. The Bertz CT molecular complexity index is 1850. The van der Waals surface area contributed by atoms with Gasteiger partial charge in [-0.15, -0.1) is 0 Å². The predicted octanol–water partition coefficient (Wildman–Crippen LogP) is -4.00. The summed E-state index contributed by atoms with van der Waals surface area (Å²) in [5, 5.41) is 34.2. The molecule has 0 radical (unpaired) electrons. The number of aliphatic carboxylic acids is 1. The molecule has 1 saturated heterocycles. The number of carbonyl (C=O) groups excluding carboxylic acids is 3. The number of imidazole rings is 1. The van der Waals surface area contributed by atoms with E-state index in [2.05, 4.69) is 43.5 Å². The van der Waals surface area contributed by atoms with Crippen molar-refractivity contribution in [3.8, 4) is 0 Å². The molecule has 3 heterocycles. The van der Waals surface area contributed by atoms with Gasteiger partial charge in [0.15, 0.2) is 22.8 Å². The lowest BCUT2D eigenvalue weighted by Crippen LogP contribution is -2.46. The van der Waals surface area contributed by atoms with Crippen molar-refractivity contribution in [3.63, 3.8) is 0 Å². The molecule has 26 nitrogen and oxygen atoms in total. The Hall–Kier alpha value is -2.97. The molecule has 0 aromatic carbocycles. The molecule has 1 aliphatic rings. The van der Waals surface area contributed by atoms with Crippen molar-refractivity contribution in [2.75, 3.05) is 37.8 Å². The van der Waals surface area contributed by atoms with E-state index in [0.29, 0.717) is 0 Å². The normalized spacial score (nSPS) is 21.7. The highest BCUT2D eigenvalue weighted by Gasteiger charge is 2.47. The monoisotopic (exact) mass is 863 g/mol. The van der Waals surface area contributed by atoms with Gasteiger partial charge in [-0.3, -0.25) is 32.9 Å². The summed E-state index contributed by atoms with van der Waals surface area (Å²) in [5.41, 5.74) is 4.00. The molecule has 30 heteroatoms. The average molecular weight is 864 g/mol. The number of amides is 2. The number of hydrogen-bond acceptors (Lipinski definition) is 23. The van der Waals surface area contributed by atoms with Gasteiger partial charge in [0.25, 0.3) is 15.6 Å². The molecule has 0 aliphatic carbocycles. The zero-order valence-electron chi connectivity index (χ0n) is 28.7. The average Bonchev–Trinajstić information content (AvgIpc) is 3.63. The van der Waals surface area contributed by atoms with Crippen LogP contribution in [0, 0.1) is 5.41 Å². The molecule has 3 rings (SSSR count). The molecule has 2 aromatic rings. The first kappa shape index (κ1) is 46.4. The van der Waals surface area contributed by atoms with Crippen LogP contribution in [0.4, 0.5) is 5.82 Å². The lowest BCUT2D eigenvalue weighted by molar-refractivity contribution is -0.347. The van der Waals surface area contributed by atoms with Gasteiger partial charge < -0.3 is 74.1 Å². The summed E-state index contributed by atoms with van der Waals surface area (Å²) >= 11 is 0.837. The Balaban J connectivity index is 1.49. The highest BCUT2D eigenvalue weighted by molar-refractivity contribution is 8.13. The Kier molecular flexibility index (Phi) is 16.4. The number of anilines is 1. The lowest BCUT2D eigenvalue weighted by Gasteiger charge is -2.36. The number of phosphoric acid groups is 3. The molecule has 1 aliphatic heterocycles. The van der Waals surface area contributed by atoms with Crippen molar-refractivity contribution in [1.29, 1.82) is 0 Å². The first-order valence-electron chi connectivity index (χ1n) is 15.6. The first-order valence-corrected chi connectivity index (χ1v) is 21.0. The number of carbonyl (C=O) groups is 4. The van der Waals surface area contributed by atoms with Crippen molar-refractivity contribution < 1.29 is 90.4 Å². The fourth-order valence-electron chi connectivity index (χ4n) is 4.55. The number of thioether (sulfide) groups is 1. The number of nitrogens with zero attached hydrogens (tertiary/aromatic N) is 4. The van der Waals surface area contributed by atoms with Crippen LogP contribution in [-0.2, 0) is 55.5 Å². The maximum atomic E-state index is 12.5. The molecule has 310 valence electrons. The van der Waals surface area contributed by atoms with E-state index in [4.69, 9.17) is 15.6 Å². The van der Waals surface area contributed by atoms with Crippen LogP contribution in [0.1, 0.15) is 39.3 Å². The number of nitrogen functional groups attached to an aromatic ring is 1. The van der Waals surface area contributed by atoms with E-state index in [0.717, 1.165) is 29.0 Å². The largest absolute Gasteiger partial charge is 0.790 e. The van der Waals surface area contributed by atoms with Gasteiger partial charge in [0.2, 0.25) is 11.8 Å². The van der Waals surface area contributed by atoms with Gasteiger partial charge >= 0.3 is 5.97 Å². The second kappa shape index (κ2) is 19.5. The fraction of sp³-hybridized carbons (Fsp3) is 0.640. The van der Waals surface area contributed by atoms with Gasteiger partial charge in [-0.2, -0.15) is 0 Å². The third kappa shape index (κ3) is 14.5. The standard InChI is InChI=1S/C25H40N7O19P3S/c1-25(2,20(38)23(39)28-6-5-14(33)27-7-8-55-16(36)4-3-15(34)35)10-48-54(45,46)51-53(43,44)47-9-13-19(50-52(40,41)42)18(37)24(49-13)32-12-31-17-21(26)29-11-30-22(17)32/h11-13,18-20,24,37-38H,3-10H2,1-2H3,(H,27,33)(H,28,39)(H,34,35)(H,43,44)(H,45,46)(H2,26,29,30)(H2,40,41,42)/p-4. The predicted molar refractivity (Wildman–Crippen MR) is 175 cm³/mol. The van der Waals surface area contributed by atoms with E-state index < -0.39 is 90.5 Å². The third-order valence-electron chi connectivity index (χ3n) is 7.28. The van der Waals surface area contributed by atoms with Crippen LogP contribution in [0.5, 0.6) is 0 Å². The molecule has 7 unspecified atom stereocenters. The van der Waals surface area contributed by atoms with Gasteiger partial charge in [-0.05, 0) is 0 Å². The van der Waals surface area contributed by atoms with E-state index >= 15 is 0 Å². The molecule has 2 aromatic heterocycles. The SMILES string of the molecule is CC(C)(COP(=O)([O-])OP(=O)([O-])OCC1OC(n2cnc3c(N)ncnc32)C(O)C1OP(=O)([O-])[O-])C(O)C(=O)NCCC(=O)NCCSC(=O)CCC(=O)O. The summed E-state index contributed by atoms with van der Waals surface area (Å²) in [6, 6.07) is 0. The summed E-state index contributed by atoms with van der Waals surface area (Å²) in [6.07, 6.45) is -8.24. The minimum atomic E-state index is -5.93. The number of aromatic nitrogens is 4. The Morgan fingerprint density at radius 2 is 1.71 bits per heavy atom. The number of nitrogens with two attached hydrogens (primary N) is 1. The molecule has 0 bridgehead atoms. The molecule has 7 atom stereocenters. The molecule has 2 amide bonds. The molecular formula is C25H36N7O19P3S-4. The van der Waals surface area contributed by atoms with Gasteiger partial charge in [0, 0.05) is 37.1 Å². The van der Waals surface area contributed by atoms with E-state index in [1.165, 1.54) is 13.8 Å². The number of hydrogen-bond donors (Lipinski definition) is 6. The van der Waals surface area contributed by atoms with Gasteiger partial charge in [-0.25, -0.2) is 19.3 Å². The summed E-state index contributed by atoms with van der Waals surface area (Å²) < 4.78 is 60.3. The highest BCUT2D eigenvalue weighted by atomic mass is 32.2. The summed E-state index contributed by atoms with van der Waals surface area (Å²) in [7, 11) is -17.6. The number of fused-ring (bicyclic) bond motifs is 1. The Labute approximate surface area is 314 Å². The molecule has 0 spiro atoms. The van der Waals surface area contributed by atoms with Crippen molar-refractivity contribution in [3.05, 3.63) is 12.7 Å². The second-order valence-electron chi connectivity index (χ2n) is 12.1. The molecule has 0 saturated carbocycles. The number of carboxylic acids is 1. The van der Waals surface area contributed by atoms with Crippen LogP contribution in [0.15, 0.2) is 12.7 Å². The van der Waals surface area contributed by atoms with Crippen LogP contribution in [0.3, 0.4) is 0 Å². The number of nitrogens with one attached hydrogen (secondary N) is 2. The fourth-order valence-corrected chi connectivity index (χ4v) is 7.97. The molecule has 55 heavy (non-hydrogen) atoms. The van der Waals surface area contributed by atoms with E-state index in [1.54, 1.807) is 0 Å². The van der Waals surface area contributed by atoms with Crippen LogP contribution < -0.4 is 35.9 Å². The third-order valence-corrected chi connectivity index (χ3v) is 11.2. The number of carboxylic acid groups (broad SMARTS) is 1. The van der Waals surface area contributed by atoms with Crippen LogP contribution in [0.2, 0.25) is 0 Å². The van der Waals surface area contributed by atoms with Crippen molar-refractivity contribution >= 4 is 75.1 Å². The van der Waals surface area contributed by atoms with Crippen molar-refractivity contribution in [1.82, 2.24) is 30.2 Å². The second-order valence-corrected chi connectivity index (χ2v) is 17.3. The summed E-state index contributed by atoms with van der Waals surface area (Å²) in [6.45, 7) is -0.187. The summed E-state index contributed by atoms with van der Waals surface area (Å²) in [5.74, 6) is -2.63. The quantitative estimate of drug-likeness (QED) is 0.0485. The zero-order chi connectivity index (χ0) is 41.4. The lowest BCUT2D eigenvalue weighted by atomic mass is 9.87. The molecule has 7 N–H and O–H groups in total. The Morgan fingerprint density at radius 1 is 1.04 bits per heavy atom. The highest BCUT2D eigenvalue weighted by Crippen LogP contribution is 2.56. The van der Waals surface area contributed by atoms with Crippen molar-refractivity contribution in [2.45, 2.75) is 63.8 Å². The van der Waals surface area contributed by atoms with Crippen LogP contribution in [-0.4, -0.2) is 114 Å². The maximum absolute atomic E-state index is 12.5. The van der Waals surface area contributed by atoms with E-state index in [-0.39, 0.29) is 60.2 Å². The topological polar surface area (TPSA) is 412 Å². The molecule has 1 fully saturated rings. The van der Waals surface area contributed by atoms with E-state index in [9.17, 15) is 62.7 Å². The minimum absolute atomic E-state index is 0.0322. The number of phosphoric ester groups is 3. The van der Waals surface area contributed by atoms with Gasteiger partial charge in [0.05, 0.1) is 33.8 Å². The van der Waals surface area contributed by atoms with Crippen LogP contribution >= 0.6 is 35.2 Å². The zero-order valence-corrected chi connectivity index (χ0v) is 32.2. The molecular weight excluding hydrogens is 827 g/mol. The number of aliphatic hydroxyl groups excluding tert-OH is 2. The number of ether oxygens (including phenoxy) is 1. The summed E-state index contributed by atoms with van der Waals surface area (Å²) in [4.78, 5) is 106. The van der Waals surface area contributed by atoms with Gasteiger partial charge in [-0.1, -0.05) is 25.6 Å². The Morgan fingerprint density at radius 3 is 2.36 bits per heavy atom. The first-order chi connectivity index (χ1) is 25.4. The smallest absolute Gasteiger partial charge is 0.303 e.